The predicted octanol–water partition coefficient (Wildman–Crippen LogP) is 3.86. The number of halogens is 2. The van der Waals surface area contributed by atoms with Gasteiger partial charge in [-0.3, -0.25) is 4.79 Å². The Morgan fingerprint density at radius 1 is 1.20 bits per heavy atom. The third kappa shape index (κ3) is 3.57. The van der Waals surface area contributed by atoms with Gasteiger partial charge in [-0.05, 0) is 46.3 Å². The number of benzene rings is 2. The number of rotatable bonds is 5. The summed E-state index contributed by atoms with van der Waals surface area (Å²) < 4.78 is 23.8. The van der Waals surface area contributed by atoms with Crippen molar-refractivity contribution in [2.75, 3.05) is 13.7 Å². The highest BCUT2D eigenvalue weighted by Crippen LogP contribution is 2.22. The van der Waals surface area contributed by atoms with Crippen LogP contribution in [0.5, 0.6) is 11.5 Å². The van der Waals surface area contributed by atoms with Gasteiger partial charge in [-0.2, -0.15) is 0 Å². The summed E-state index contributed by atoms with van der Waals surface area (Å²) in [5.41, 5.74) is 0.505. The first-order chi connectivity index (χ1) is 9.60. The van der Waals surface area contributed by atoms with Crippen molar-refractivity contribution in [3.8, 4) is 11.5 Å². The van der Waals surface area contributed by atoms with Crippen LogP contribution in [-0.2, 0) is 0 Å². The molecule has 0 spiro atoms. The van der Waals surface area contributed by atoms with Crippen LogP contribution in [0.25, 0.3) is 0 Å². The van der Waals surface area contributed by atoms with E-state index in [-0.39, 0.29) is 18.2 Å². The molecule has 0 saturated heterocycles. The molecule has 0 aliphatic carbocycles. The summed E-state index contributed by atoms with van der Waals surface area (Å²) >= 11 is 3.06. The number of carbonyl (C=O) groups excluding carboxylic acids is 1. The molecule has 2 aromatic rings. The van der Waals surface area contributed by atoms with E-state index in [0.717, 1.165) is 0 Å². The highest BCUT2D eigenvalue weighted by molar-refractivity contribution is 9.10. The summed E-state index contributed by atoms with van der Waals surface area (Å²) in [6, 6.07) is 11.1. The van der Waals surface area contributed by atoms with Gasteiger partial charge in [-0.15, -0.1) is 0 Å². The molecule has 0 amide bonds. The lowest BCUT2D eigenvalue weighted by Gasteiger charge is -2.07. The van der Waals surface area contributed by atoms with Gasteiger partial charge in [0, 0.05) is 5.56 Å². The van der Waals surface area contributed by atoms with E-state index < -0.39 is 0 Å². The Morgan fingerprint density at radius 2 is 2.00 bits per heavy atom. The lowest BCUT2D eigenvalue weighted by atomic mass is 10.1. The summed E-state index contributed by atoms with van der Waals surface area (Å²) in [4.78, 5) is 12.0. The van der Waals surface area contributed by atoms with Crippen LogP contribution >= 0.6 is 15.9 Å². The Morgan fingerprint density at radius 3 is 2.70 bits per heavy atom. The number of carbonyl (C=O) groups is 1. The fourth-order valence-electron chi connectivity index (χ4n) is 1.60. The Labute approximate surface area is 124 Å². The fourth-order valence-corrected chi connectivity index (χ4v) is 1.95. The Bertz CT molecular complexity index is 628. The molecule has 3 nitrogen and oxygen atoms in total. The maximum Gasteiger partial charge on any atom is 0.200 e. The van der Waals surface area contributed by atoms with Crippen LogP contribution in [0.3, 0.4) is 0 Å². The monoisotopic (exact) mass is 338 g/mol. The standard InChI is InChI=1S/C15H12BrFO3/c1-19-11-4-2-3-10(7-11)15(18)9-20-12-5-6-14(17)13(16)8-12/h2-8H,9H2,1H3. The molecule has 0 aliphatic rings. The van der Waals surface area contributed by atoms with Crippen LogP contribution in [0.2, 0.25) is 0 Å². The van der Waals surface area contributed by atoms with E-state index in [1.807, 2.05) is 0 Å². The second kappa shape index (κ2) is 6.52. The van der Waals surface area contributed by atoms with Crippen LogP contribution in [0, 0.1) is 5.82 Å². The molecule has 2 rings (SSSR count). The molecule has 0 atom stereocenters. The smallest absolute Gasteiger partial charge is 0.200 e. The quantitative estimate of drug-likeness (QED) is 0.776. The number of ketones is 1. The first-order valence-corrected chi connectivity index (χ1v) is 6.64. The molecule has 20 heavy (non-hydrogen) atoms. The predicted molar refractivity (Wildman–Crippen MR) is 76.9 cm³/mol. The van der Waals surface area contributed by atoms with Crippen LogP contribution in [0.4, 0.5) is 4.39 Å². The highest BCUT2D eigenvalue weighted by Gasteiger charge is 2.09. The molecule has 0 unspecified atom stereocenters. The third-order valence-corrected chi connectivity index (χ3v) is 3.26. The van der Waals surface area contributed by atoms with Gasteiger partial charge in [0.1, 0.15) is 17.3 Å². The zero-order chi connectivity index (χ0) is 14.5. The zero-order valence-electron chi connectivity index (χ0n) is 10.7. The van der Waals surface area contributed by atoms with Crippen molar-refractivity contribution >= 4 is 21.7 Å². The van der Waals surface area contributed by atoms with E-state index >= 15 is 0 Å². The molecule has 0 aliphatic heterocycles. The molecule has 0 N–H and O–H groups in total. The van der Waals surface area contributed by atoms with Gasteiger partial charge in [0.25, 0.3) is 0 Å². The van der Waals surface area contributed by atoms with Gasteiger partial charge >= 0.3 is 0 Å². The molecule has 2 aromatic carbocycles. The van der Waals surface area contributed by atoms with E-state index in [9.17, 15) is 9.18 Å². The molecule has 0 aromatic heterocycles. The van der Waals surface area contributed by atoms with Crippen molar-refractivity contribution < 1.29 is 18.7 Å². The van der Waals surface area contributed by atoms with E-state index in [1.54, 1.807) is 24.3 Å². The summed E-state index contributed by atoms with van der Waals surface area (Å²) in [7, 11) is 1.54. The van der Waals surface area contributed by atoms with Gasteiger partial charge in [-0.25, -0.2) is 4.39 Å². The number of methoxy groups -OCH3 is 1. The minimum absolute atomic E-state index is 0.120. The topological polar surface area (TPSA) is 35.5 Å². The van der Waals surface area contributed by atoms with Gasteiger partial charge < -0.3 is 9.47 Å². The number of hydrogen-bond donors (Lipinski definition) is 0. The molecule has 0 bridgehead atoms. The van der Waals surface area contributed by atoms with Crippen molar-refractivity contribution in [2.45, 2.75) is 0 Å². The maximum absolute atomic E-state index is 13.1. The summed E-state index contributed by atoms with van der Waals surface area (Å²) in [5, 5.41) is 0. The third-order valence-electron chi connectivity index (χ3n) is 2.65. The molecule has 0 fully saturated rings. The van der Waals surface area contributed by atoms with Gasteiger partial charge in [0.05, 0.1) is 11.6 Å². The van der Waals surface area contributed by atoms with E-state index in [4.69, 9.17) is 9.47 Å². The molecule has 104 valence electrons. The summed E-state index contributed by atoms with van der Waals surface area (Å²) in [6.07, 6.45) is 0. The Hall–Kier alpha value is -1.88. The van der Waals surface area contributed by atoms with Crippen molar-refractivity contribution in [3.05, 3.63) is 58.3 Å². The molecule has 0 saturated carbocycles. The van der Waals surface area contributed by atoms with Crippen molar-refractivity contribution in [1.29, 1.82) is 0 Å². The van der Waals surface area contributed by atoms with Gasteiger partial charge in [0.2, 0.25) is 0 Å². The average molecular weight is 339 g/mol. The van der Waals surface area contributed by atoms with Crippen LogP contribution in [0.1, 0.15) is 10.4 Å². The van der Waals surface area contributed by atoms with Crippen LogP contribution < -0.4 is 9.47 Å². The number of Topliss-reactive ketones (excluding diaryl/α,β-unsaturated/α-hetero) is 1. The lowest BCUT2D eigenvalue weighted by molar-refractivity contribution is 0.0921. The Balaban J connectivity index is 2.02. The largest absolute Gasteiger partial charge is 0.497 e. The van der Waals surface area contributed by atoms with Crippen molar-refractivity contribution in [2.24, 2.45) is 0 Å². The van der Waals surface area contributed by atoms with Crippen LogP contribution in [0.15, 0.2) is 46.9 Å². The van der Waals surface area contributed by atoms with Crippen molar-refractivity contribution in [1.82, 2.24) is 0 Å². The molecular formula is C15H12BrFO3. The average Bonchev–Trinajstić information content (AvgIpc) is 2.48. The van der Waals surface area contributed by atoms with Gasteiger partial charge in [-0.1, -0.05) is 12.1 Å². The molecular weight excluding hydrogens is 327 g/mol. The minimum atomic E-state index is -0.378. The second-order valence-electron chi connectivity index (χ2n) is 4.02. The summed E-state index contributed by atoms with van der Waals surface area (Å²) in [6.45, 7) is -0.120. The van der Waals surface area contributed by atoms with E-state index in [0.29, 0.717) is 21.5 Å². The molecule has 0 heterocycles. The van der Waals surface area contributed by atoms with Gasteiger partial charge in [0.15, 0.2) is 12.4 Å². The SMILES string of the molecule is COc1cccc(C(=O)COc2ccc(F)c(Br)c2)c1. The normalized spacial score (nSPS) is 10.2. The molecule has 0 radical (unpaired) electrons. The zero-order valence-corrected chi connectivity index (χ0v) is 12.3. The fraction of sp³-hybridized carbons (Fsp3) is 0.133. The molecule has 5 heteroatoms. The Kier molecular flexibility index (Phi) is 4.74. The van der Waals surface area contributed by atoms with Crippen LogP contribution in [-0.4, -0.2) is 19.5 Å². The first kappa shape index (κ1) is 14.5. The number of hydrogen-bond acceptors (Lipinski definition) is 3. The highest BCUT2D eigenvalue weighted by atomic mass is 79.9. The lowest BCUT2D eigenvalue weighted by Crippen LogP contribution is -2.11. The maximum atomic E-state index is 13.1. The summed E-state index contributed by atoms with van der Waals surface area (Å²) in [5.74, 6) is 0.482. The minimum Gasteiger partial charge on any atom is -0.497 e. The first-order valence-electron chi connectivity index (χ1n) is 5.85. The van der Waals surface area contributed by atoms with E-state index in [2.05, 4.69) is 15.9 Å². The van der Waals surface area contributed by atoms with Crippen molar-refractivity contribution in [3.63, 3.8) is 0 Å². The van der Waals surface area contributed by atoms with E-state index in [1.165, 1.54) is 25.3 Å². The number of ether oxygens (including phenoxy) is 2. The second-order valence-corrected chi connectivity index (χ2v) is 4.87.